The Kier molecular flexibility index (Phi) is 7.24. The summed E-state index contributed by atoms with van der Waals surface area (Å²) < 4.78 is 8.23. The van der Waals surface area contributed by atoms with E-state index in [4.69, 9.17) is 16.3 Å². The molecule has 0 unspecified atom stereocenters. The van der Waals surface area contributed by atoms with Gasteiger partial charge in [0.15, 0.2) is 0 Å². The van der Waals surface area contributed by atoms with E-state index < -0.39 is 5.41 Å². The topological polar surface area (TPSA) is 54.8 Å². The van der Waals surface area contributed by atoms with Gasteiger partial charge in [-0.3, -0.25) is 9.59 Å². The zero-order valence-electron chi connectivity index (χ0n) is 20.9. The van der Waals surface area contributed by atoms with E-state index in [1.807, 2.05) is 64.0 Å². The number of ether oxygens (including phenoxy) is 1. The number of halogens is 1. The van der Waals surface area contributed by atoms with Crippen LogP contribution in [-0.2, 0) is 11.8 Å². The molecule has 2 aromatic carbocycles. The number of piperidine rings is 2. The molecule has 5 rings (SSSR count). The highest BCUT2D eigenvalue weighted by Gasteiger charge is 2.41. The fourth-order valence-electron chi connectivity index (χ4n) is 5.72. The van der Waals surface area contributed by atoms with Gasteiger partial charge in [0, 0.05) is 67.2 Å². The zero-order valence-corrected chi connectivity index (χ0v) is 21.7. The number of nitrogens with zero attached hydrogens (tertiary/aromatic N) is 3. The molecule has 36 heavy (non-hydrogen) atoms. The van der Waals surface area contributed by atoms with Crippen LogP contribution in [0.15, 0.2) is 54.7 Å². The summed E-state index contributed by atoms with van der Waals surface area (Å²) in [6.45, 7) is 3.22. The fraction of sp³-hybridized carbons (Fsp3) is 0.448. The molecule has 6 nitrogen and oxygen atoms in total. The Balaban J connectivity index is 1.39. The highest BCUT2D eigenvalue weighted by molar-refractivity contribution is 6.30. The monoisotopic (exact) mass is 507 g/mol. The Labute approximate surface area is 217 Å². The van der Waals surface area contributed by atoms with E-state index in [1.54, 1.807) is 12.1 Å². The first-order valence-corrected chi connectivity index (χ1v) is 13.3. The van der Waals surface area contributed by atoms with Crippen LogP contribution < -0.4 is 4.74 Å². The normalized spacial score (nSPS) is 20.5. The van der Waals surface area contributed by atoms with E-state index >= 15 is 0 Å². The van der Waals surface area contributed by atoms with Crippen molar-refractivity contribution in [2.24, 2.45) is 12.5 Å². The number of aryl methyl sites for hydroxylation is 1. The molecule has 0 radical (unpaired) electrons. The van der Waals surface area contributed by atoms with E-state index in [0.29, 0.717) is 36.7 Å². The zero-order chi connectivity index (χ0) is 25.1. The number of carbonyl (C=O) groups is 2. The van der Waals surface area contributed by atoms with Crippen LogP contribution in [0.5, 0.6) is 5.75 Å². The van der Waals surface area contributed by atoms with Gasteiger partial charge in [-0.1, -0.05) is 29.8 Å². The van der Waals surface area contributed by atoms with Crippen molar-refractivity contribution in [3.8, 4) is 5.75 Å². The van der Waals surface area contributed by atoms with Gasteiger partial charge in [0.25, 0.3) is 5.91 Å². The Morgan fingerprint density at radius 1 is 0.944 bits per heavy atom. The summed E-state index contributed by atoms with van der Waals surface area (Å²) in [6, 6.07) is 15.3. The number of aromatic nitrogens is 1. The number of hydrogen-bond acceptors (Lipinski definition) is 3. The minimum Gasteiger partial charge on any atom is -0.493 e. The smallest absolute Gasteiger partial charge is 0.256 e. The third-order valence-corrected chi connectivity index (χ3v) is 7.92. The lowest BCUT2D eigenvalue weighted by Crippen LogP contribution is -2.51. The number of para-hydroxylation sites is 1. The highest BCUT2D eigenvalue weighted by atomic mass is 35.5. The largest absolute Gasteiger partial charge is 0.493 e. The molecule has 7 heteroatoms. The summed E-state index contributed by atoms with van der Waals surface area (Å²) in [5, 5.41) is 1.62. The second kappa shape index (κ2) is 10.6. The van der Waals surface area contributed by atoms with Crippen molar-refractivity contribution < 1.29 is 14.3 Å². The van der Waals surface area contributed by atoms with E-state index in [-0.39, 0.29) is 11.8 Å². The molecule has 190 valence electrons. The molecule has 0 spiro atoms. The van der Waals surface area contributed by atoms with Gasteiger partial charge in [-0.05, 0) is 62.4 Å². The summed E-state index contributed by atoms with van der Waals surface area (Å²) in [5.74, 6) is 0.920. The van der Waals surface area contributed by atoms with Crippen molar-refractivity contribution in [2.75, 3.05) is 32.8 Å². The van der Waals surface area contributed by atoms with Gasteiger partial charge >= 0.3 is 0 Å². The molecule has 2 fully saturated rings. The third kappa shape index (κ3) is 5.24. The number of benzene rings is 2. The average Bonchev–Trinajstić information content (AvgIpc) is 3.25. The Morgan fingerprint density at radius 3 is 2.44 bits per heavy atom. The Bertz CT molecular complexity index is 1230. The number of amides is 2. The number of carbonyl (C=O) groups excluding carboxylic acids is 2. The van der Waals surface area contributed by atoms with Gasteiger partial charge < -0.3 is 19.1 Å². The first-order valence-electron chi connectivity index (χ1n) is 12.9. The molecule has 2 aliphatic rings. The number of hydrogen-bond donors (Lipinski definition) is 0. The number of rotatable bonds is 6. The lowest BCUT2D eigenvalue weighted by molar-refractivity contribution is -0.136. The van der Waals surface area contributed by atoms with Gasteiger partial charge in [0.1, 0.15) is 5.75 Å². The molecule has 3 heterocycles. The SMILES string of the molecule is Cn1cc(C(=O)N2CCC[C@](COc3ccc(Cl)cc3)(CC(=O)N3CCCCC3)C2)c2ccccc21. The molecular weight excluding hydrogens is 474 g/mol. The fourth-order valence-corrected chi connectivity index (χ4v) is 5.85. The summed E-state index contributed by atoms with van der Waals surface area (Å²) in [5.41, 5.74) is 1.31. The second-order valence-electron chi connectivity index (χ2n) is 10.4. The molecular formula is C29H34ClN3O3. The standard InChI is InChI=1S/C29H34ClN3O3/c1-31-19-25(24-8-3-4-9-26(24)31)28(35)33-17-7-14-29(20-33,18-27(34)32-15-5-2-6-16-32)21-36-23-12-10-22(30)11-13-23/h3-4,8-13,19H,2,5-7,14-18,20-21H2,1H3/t29-/m0/s1. The van der Waals surface area contributed by atoms with Gasteiger partial charge in [0.2, 0.25) is 5.91 Å². The maximum Gasteiger partial charge on any atom is 0.256 e. The third-order valence-electron chi connectivity index (χ3n) is 7.67. The van der Waals surface area contributed by atoms with Crippen molar-refractivity contribution in [3.05, 3.63) is 65.3 Å². The lowest BCUT2D eigenvalue weighted by atomic mass is 9.77. The average molecular weight is 508 g/mol. The van der Waals surface area contributed by atoms with Gasteiger partial charge in [-0.15, -0.1) is 0 Å². The van der Waals surface area contributed by atoms with E-state index in [0.717, 1.165) is 55.4 Å². The molecule has 1 atom stereocenters. The molecule has 2 saturated heterocycles. The van der Waals surface area contributed by atoms with Gasteiger partial charge in [-0.2, -0.15) is 0 Å². The second-order valence-corrected chi connectivity index (χ2v) is 10.8. The van der Waals surface area contributed by atoms with Gasteiger partial charge in [0.05, 0.1) is 12.2 Å². The minimum absolute atomic E-state index is 0.0211. The van der Waals surface area contributed by atoms with Crippen LogP contribution in [0.3, 0.4) is 0 Å². The molecule has 0 N–H and O–H groups in total. The number of likely N-dealkylation sites (tertiary alicyclic amines) is 2. The van der Waals surface area contributed by atoms with Gasteiger partial charge in [-0.25, -0.2) is 0 Å². The van der Waals surface area contributed by atoms with E-state index in [2.05, 4.69) is 0 Å². The van der Waals surface area contributed by atoms with Crippen molar-refractivity contribution in [2.45, 2.75) is 38.5 Å². The molecule has 0 bridgehead atoms. The summed E-state index contributed by atoms with van der Waals surface area (Å²) in [7, 11) is 1.97. The predicted octanol–water partition coefficient (Wildman–Crippen LogP) is 5.54. The quantitative estimate of drug-likeness (QED) is 0.440. The minimum atomic E-state index is -0.438. The summed E-state index contributed by atoms with van der Waals surface area (Å²) in [6.07, 6.45) is 7.30. The van der Waals surface area contributed by atoms with Crippen LogP contribution in [0.1, 0.15) is 48.9 Å². The van der Waals surface area contributed by atoms with E-state index in [1.165, 1.54) is 6.42 Å². The number of fused-ring (bicyclic) bond motifs is 1. The van der Waals surface area contributed by atoms with Crippen molar-refractivity contribution >= 4 is 34.3 Å². The van der Waals surface area contributed by atoms with Crippen LogP contribution in [0.4, 0.5) is 0 Å². The van der Waals surface area contributed by atoms with Crippen molar-refractivity contribution in [1.82, 2.24) is 14.4 Å². The molecule has 2 amide bonds. The Morgan fingerprint density at radius 2 is 1.67 bits per heavy atom. The first-order chi connectivity index (χ1) is 17.4. The van der Waals surface area contributed by atoms with Crippen molar-refractivity contribution in [1.29, 1.82) is 0 Å². The summed E-state index contributed by atoms with van der Waals surface area (Å²) in [4.78, 5) is 31.1. The van der Waals surface area contributed by atoms with Crippen LogP contribution in [0.2, 0.25) is 5.02 Å². The van der Waals surface area contributed by atoms with Crippen LogP contribution in [0, 0.1) is 5.41 Å². The highest BCUT2D eigenvalue weighted by Crippen LogP contribution is 2.37. The van der Waals surface area contributed by atoms with Crippen molar-refractivity contribution in [3.63, 3.8) is 0 Å². The van der Waals surface area contributed by atoms with Crippen LogP contribution in [0.25, 0.3) is 10.9 Å². The summed E-state index contributed by atoms with van der Waals surface area (Å²) >= 11 is 6.05. The molecule has 1 aromatic heterocycles. The maximum atomic E-state index is 13.8. The first kappa shape index (κ1) is 24.7. The molecule has 0 aliphatic carbocycles. The molecule has 0 saturated carbocycles. The van der Waals surface area contributed by atoms with Crippen LogP contribution >= 0.6 is 11.6 Å². The lowest BCUT2D eigenvalue weighted by Gasteiger charge is -2.43. The van der Waals surface area contributed by atoms with Crippen LogP contribution in [-0.4, -0.2) is 59.0 Å². The maximum absolute atomic E-state index is 13.8. The Hall–Kier alpha value is -2.99. The molecule has 3 aromatic rings. The predicted molar refractivity (Wildman–Crippen MR) is 142 cm³/mol. The molecule has 2 aliphatic heterocycles. The van der Waals surface area contributed by atoms with E-state index in [9.17, 15) is 9.59 Å².